The van der Waals surface area contributed by atoms with Crippen LogP contribution in [0.2, 0.25) is 0 Å². The Morgan fingerprint density at radius 1 is 1.73 bits per heavy atom. The Hall–Kier alpha value is -1.14. The van der Waals surface area contributed by atoms with Crippen LogP contribution in [0.15, 0.2) is 6.20 Å². The zero-order chi connectivity index (χ0) is 11.3. The van der Waals surface area contributed by atoms with Gasteiger partial charge in [0.2, 0.25) is 0 Å². The fourth-order valence-electron chi connectivity index (χ4n) is 1.05. The van der Waals surface area contributed by atoms with E-state index in [1.807, 2.05) is 13.8 Å². The van der Waals surface area contributed by atoms with Gasteiger partial charge in [-0.25, -0.2) is 9.78 Å². The summed E-state index contributed by atoms with van der Waals surface area (Å²) in [5.74, 6) is 0. The Morgan fingerprint density at radius 3 is 3.00 bits per heavy atom. The topological polar surface area (TPSA) is 74.2 Å². The number of aliphatic hydroxyl groups excluding tert-OH is 1. The highest BCUT2D eigenvalue weighted by Crippen LogP contribution is 2.18. The smallest absolute Gasteiger partial charge is 0.315 e. The van der Waals surface area contributed by atoms with E-state index >= 15 is 0 Å². The first kappa shape index (κ1) is 11.9. The molecule has 1 rings (SSSR count). The summed E-state index contributed by atoms with van der Waals surface area (Å²) in [5, 5.41) is 14.6. The van der Waals surface area contributed by atoms with Crippen LogP contribution in [0.5, 0.6) is 0 Å². The van der Waals surface area contributed by atoms with Gasteiger partial charge in [-0.3, -0.25) is 0 Å². The van der Waals surface area contributed by atoms with E-state index in [-0.39, 0.29) is 25.2 Å². The Labute approximate surface area is 92.5 Å². The van der Waals surface area contributed by atoms with E-state index < -0.39 is 0 Å². The molecule has 0 aliphatic rings. The van der Waals surface area contributed by atoms with Crippen molar-refractivity contribution in [3.8, 4) is 0 Å². The van der Waals surface area contributed by atoms with Crippen LogP contribution in [-0.4, -0.2) is 29.3 Å². The van der Waals surface area contributed by atoms with Crippen molar-refractivity contribution in [1.82, 2.24) is 15.6 Å². The van der Waals surface area contributed by atoms with Crippen LogP contribution in [0, 0.1) is 6.92 Å². The minimum atomic E-state index is -0.288. The average Bonchev–Trinajstić information content (AvgIpc) is 2.61. The zero-order valence-corrected chi connectivity index (χ0v) is 9.60. The van der Waals surface area contributed by atoms with E-state index in [0.717, 1.165) is 9.88 Å². The summed E-state index contributed by atoms with van der Waals surface area (Å²) in [6.07, 6.45) is 1.78. The summed E-state index contributed by atoms with van der Waals surface area (Å²) in [7, 11) is 0. The van der Waals surface area contributed by atoms with Gasteiger partial charge in [0.1, 0.15) is 5.01 Å². The summed E-state index contributed by atoms with van der Waals surface area (Å²) in [6.45, 7) is 4.05. The summed E-state index contributed by atoms with van der Waals surface area (Å²) < 4.78 is 0. The predicted molar refractivity (Wildman–Crippen MR) is 58.9 cm³/mol. The normalized spacial score (nSPS) is 12.2. The maximum Gasteiger partial charge on any atom is 0.315 e. The SMILES string of the molecule is Cc1cnc(C(C)NC(=O)NCCO)s1. The van der Waals surface area contributed by atoms with Crippen molar-refractivity contribution in [2.45, 2.75) is 19.9 Å². The second-order valence-corrected chi connectivity index (χ2v) is 4.42. The lowest BCUT2D eigenvalue weighted by atomic mass is 10.4. The Kier molecular flexibility index (Phi) is 4.51. The van der Waals surface area contributed by atoms with Crippen molar-refractivity contribution < 1.29 is 9.90 Å². The molecule has 0 saturated heterocycles. The summed E-state index contributed by atoms with van der Waals surface area (Å²) in [5.41, 5.74) is 0. The van der Waals surface area contributed by atoms with Gasteiger partial charge >= 0.3 is 6.03 Å². The average molecular weight is 229 g/mol. The van der Waals surface area contributed by atoms with Crippen LogP contribution in [0.3, 0.4) is 0 Å². The van der Waals surface area contributed by atoms with Crippen molar-refractivity contribution >= 4 is 17.4 Å². The number of nitrogens with one attached hydrogen (secondary N) is 2. The summed E-state index contributed by atoms with van der Waals surface area (Å²) >= 11 is 1.56. The Bertz CT molecular complexity index is 327. The number of thiazole rings is 1. The van der Waals surface area contributed by atoms with E-state index in [9.17, 15) is 4.79 Å². The second kappa shape index (κ2) is 5.67. The lowest BCUT2D eigenvalue weighted by molar-refractivity contribution is 0.231. The molecule has 5 nitrogen and oxygen atoms in total. The number of aryl methyl sites for hydroxylation is 1. The highest BCUT2D eigenvalue weighted by molar-refractivity contribution is 7.11. The van der Waals surface area contributed by atoms with Crippen molar-refractivity contribution in [2.75, 3.05) is 13.2 Å². The van der Waals surface area contributed by atoms with Gasteiger partial charge < -0.3 is 15.7 Å². The van der Waals surface area contributed by atoms with Crippen LogP contribution in [0.25, 0.3) is 0 Å². The third-order valence-electron chi connectivity index (χ3n) is 1.75. The summed E-state index contributed by atoms with van der Waals surface area (Å²) in [6, 6.07) is -0.396. The largest absolute Gasteiger partial charge is 0.395 e. The molecule has 0 radical (unpaired) electrons. The summed E-state index contributed by atoms with van der Waals surface area (Å²) in [4.78, 5) is 16.5. The number of urea groups is 1. The van der Waals surface area contributed by atoms with E-state index in [1.165, 1.54) is 0 Å². The zero-order valence-electron chi connectivity index (χ0n) is 8.78. The maximum atomic E-state index is 11.2. The number of amides is 2. The number of aliphatic hydroxyl groups is 1. The first-order chi connectivity index (χ1) is 7.13. The van der Waals surface area contributed by atoms with Crippen molar-refractivity contribution in [3.05, 3.63) is 16.1 Å². The van der Waals surface area contributed by atoms with Gasteiger partial charge in [0, 0.05) is 17.6 Å². The van der Waals surface area contributed by atoms with Crippen LogP contribution in [-0.2, 0) is 0 Å². The van der Waals surface area contributed by atoms with Gasteiger partial charge in [-0.1, -0.05) is 0 Å². The molecule has 0 aliphatic heterocycles. The third-order valence-corrected chi connectivity index (χ3v) is 2.85. The van der Waals surface area contributed by atoms with Crippen molar-refractivity contribution in [3.63, 3.8) is 0 Å². The molecule has 0 saturated carbocycles. The van der Waals surface area contributed by atoms with E-state index in [4.69, 9.17) is 5.11 Å². The molecular formula is C9H15N3O2S. The number of rotatable bonds is 4. The van der Waals surface area contributed by atoms with Gasteiger partial charge in [0.15, 0.2) is 0 Å². The number of carbonyl (C=O) groups is 1. The third kappa shape index (κ3) is 3.85. The first-order valence-corrected chi connectivity index (χ1v) is 5.52. The predicted octanol–water partition coefficient (Wildman–Crippen LogP) is 0.804. The van der Waals surface area contributed by atoms with E-state index in [1.54, 1.807) is 17.5 Å². The molecule has 0 spiro atoms. The standard InChI is InChI=1S/C9H15N3O2S/c1-6-5-11-8(15-6)7(2)12-9(14)10-3-4-13/h5,7,13H,3-4H2,1-2H3,(H2,10,12,14). The van der Waals surface area contributed by atoms with E-state index in [0.29, 0.717) is 0 Å². The first-order valence-electron chi connectivity index (χ1n) is 4.71. The van der Waals surface area contributed by atoms with Crippen LogP contribution >= 0.6 is 11.3 Å². The molecule has 1 unspecified atom stereocenters. The molecule has 15 heavy (non-hydrogen) atoms. The number of hydrogen-bond donors (Lipinski definition) is 3. The Balaban J connectivity index is 2.41. The molecule has 0 bridgehead atoms. The number of nitrogens with zero attached hydrogens (tertiary/aromatic N) is 1. The molecule has 84 valence electrons. The highest BCUT2D eigenvalue weighted by Gasteiger charge is 2.11. The molecule has 1 aromatic heterocycles. The van der Waals surface area contributed by atoms with Gasteiger partial charge in [-0.05, 0) is 13.8 Å². The number of carbonyl (C=O) groups excluding carboxylic acids is 1. The lowest BCUT2D eigenvalue weighted by Crippen LogP contribution is -2.38. The molecule has 0 fully saturated rings. The van der Waals surface area contributed by atoms with E-state index in [2.05, 4.69) is 15.6 Å². The number of hydrogen-bond acceptors (Lipinski definition) is 4. The monoisotopic (exact) mass is 229 g/mol. The fraction of sp³-hybridized carbons (Fsp3) is 0.556. The van der Waals surface area contributed by atoms with Crippen molar-refractivity contribution in [2.24, 2.45) is 0 Å². The quantitative estimate of drug-likeness (QED) is 0.715. The van der Waals surface area contributed by atoms with Crippen LogP contribution in [0.4, 0.5) is 4.79 Å². The molecule has 6 heteroatoms. The molecule has 1 heterocycles. The second-order valence-electron chi connectivity index (χ2n) is 3.15. The molecule has 0 aliphatic carbocycles. The van der Waals surface area contributed by atoms with Gasteiger partial charge in [-0.2, -0.15) is 0 Å². The Morgan fingerprint density at radius 2 is 2.47 bits per heavy atom. The maximum absolute atomic E-state index is 11.2. The molecule has 3 N–H and O–H groups in total. The number of aromatic nitrogens is 1. The van der Waals surface area contributed by atoms with Crippen molar-refractivity contribution in [1.29, 1.82) is 0 Å². The molecule has 2 amide bonds. The fourth-order valence-corrected chi connectivity index (χ4v) is 1.83. The lowest BCUT2D eigenvalue weighted by Gasteiger charge is -2.11. The molecule has 0 aromatic carbocycles. The van der Waals surface area contributed by atoms with Gasteiger partial charge in [0.05, 0.1) is 12.6 Å². The molecular weight excluding hydrogens is 214 g/mol. The molecule has 1 aromatic rings. The minimum absolute atomic E-state index is 0.0574. The van der Waals surface area contributed by atoms with Crippen LogP contribution < -0.4 is 10.6 Å². The van der Waals surface area contributed by atoms with Gasteiger partial charge in [0.25, 0.3) is 0 Å². The van der Waals surface area contributed by atoms with Crippen LogP contribution in [0.1, 0.15) is 22.9 Å². The minimum Gasteiger partial charge on any atom is -0.395 e. The molecule has 1 atom stereocenters. The highest BCUT2D eigenvalue weighted by atomic mass is 32.1. The van der Waals surface area contributed by atoms with Gasteiger partial charge in [-0.15, -0.1) is 11.3 Å².